The first kappa shape index (κ1) is 20.8. The van der Waals surface area contributed by atoms with E-state index in [4.69, 9.17) is 5.73 Å². The predicted octanol–water partition coefficient (Wildman–Crippen LogP) is 3.83. The Hall–Kier alpha value is -2.48. The van der Waals surface area contributed by atoms with E-state index in [0.717, 1.165) is 30.4 Å². The SMILES string of the molecule is Cl.Nc1ccc2c(c1)CCCC2NC(=O)c1ccc(OCC(F)(F)F)nc1. The number of anilines is 1. The summed E-state index contributed by atoms with van der Waals surface area (Å²) in [4.78, 5) is 16.2. The van der Waals surface area contributed by atoms with Gasteiger partial charge in [-0.2, -0.15) is 13.2 Å². The van der Waals surface area contributed by atoms with Gasteiger partial charge in [0, 0.05) is 18.0 Å². The molecule has 1 aromatic heterocycles. The third kappa shape index (κ3) is 5.50. The summed E-state index contributed by atoms with van der Waals surface area (Å²) in [7, 11) is 0. The lowest BCUT2D eigenvalue weighted by molar-refractivity contribution is -0.154. The molecule has 1 amide bonds. The number of nitrogens with one attached hydrogen (secondary N) is 1. The molecule has 0 radical (unpaired) electrons. The fraction of sp³-hybridized carbons (Fsp3) is 0.333. The van der Waals surface area contributed by atoms with Crippen LogP contribution in [0.5, 0.6) is 5.88 Å². The van der Waals surface area contributed by atoms with Crippen molar-refractivity contribution in [3.63, 3.8) is 0 Å². The Morgan fingerprint density at radius 3 is 2.74 bits per heavy atom. The number of halogens is 4. The number of hydrogen-bond donors (Lipinski definition) is 2. The van der Waals surface area contributed by atoms with Gasteiger partial charge in [0.25, 0.3) is 5.91 Å². The van der Waals surface area contributed by atoms with Crippen molar-refractivity contribution >= 4 is 24.0 Å². The summed E-state index contributed by atoms with van der Waals surface area (Å²) in [5.41, 5.74) is 8.91. The first-order valence-corrected chi connectivity index (χ1v) is 8.16. The van der Waals surface area contributed by atoms with Crippen molar-refractivity contribution in [1.29, 1.82) is 0 Å². The number of nitrogen functional groups attached to an aromatic ring is 1. The summed E-state index contributed by atoms with van der Waals surface area (Å²) in [6.45, 7) is -1.42. The molecule has 3 N–H and O–H groups in total. The monoisotopic (exact) mass is 401 g/mol. The zero-order valence-electron chi connectivity index (χ0n) is 14.3. The highest BCUT2D eigenvalue weighted by molar-refractivity contribution is 5.94. The maximum Gasteiger partial charge on any atom is 0.422 e. The highest BCUT2D eigenvalue weighted by Gasteiger charge is 2.28. The number of pyridine rings is 1. The first-order valence-electron chi connectivity index (χ1n) is 8.16. The van der Waals surface area contributed by atoms with Gasteiger partial charge in [-0.3, -0.25) is 4.79 Å². The summed E-state index contributed by atoms with van der Waals surface area (Å²) < 4.78 is 40.9. The van der Waals surface area contributed by atoms with E-state index in [-0.39, 0.29) is 35.8 Å². The fourth-order valence-electron chi connectivity index (χ4n) is 2.98. The quantitative estimate of drug-likeness (QED) is 0.763. The van der Waals surface area contributed by atoms with Gasteiger partial charge in [-0.25, -0.2) is 4.98 Å². The molecule has 27 heavy (non-hydrogen) atoms. The van der Waals surface area contributed by atoms with Gasteiger partial charge >= 0.3 is 6.18 Å². The lowest BCUT2D eigenvalue weighted by Crippen LogP contribution is -2.31. The molecule has 0 saturated heterocycles. The number of benzene rings is 1. The van der Waals surface area contributed by atoms with E-state index < -0.39 is 12.8 Å². The number of alkyl halides is 3. The van der Waals surface area contributed by atoms with E-state index in [9.17, 15) is 18.0 Å². The van der Waals surface area contributed by atoms with Crippen LogP contribution in [0.15, 0.2) is 36.5 Å². The van der Waals surface area contributed by atoms with Gasteiger partial charge in [0.15, 0.2) is 6.61 Å². The molecule has 9 heteroatoms. The van der Waals surface area contributed by atoms with Crippen LogP contribution in [0.25, 0.3) is 0 Å². The van der Waals surface area contributed by atoms with Gasteiger partial charge in [-0.05, 0) is 48.6 Å². The summed E-state index contributed by atoms with van der Waals surface area (Å²) >= 11 is 0. The van der Waals surface area contributed by atoms with Gasteiger partial charge in [-0.1, -0.05) is 6.07 Å². The number of rotatable bonds is 4. The smallest absolute Gasteiger partial charge is 0.422 e. The molecule has 3 rings (SSSR count). The lowest BCUT2D eigenvalue weighted by Gasteiger charge is -2.26. The Kier molecular flexibility index (Phi) is 6.54. The Morgan fingerprint density at radius 2 is 2.07 bits per heavy atom. The van der Waals surface area contributed by atoms with Crippen LogP contribution in [-0.4, -0.2) is 23.7 Å². The third-order valence-electron chi connectivity index (χ3n) is 4.17. The van der Waals surface area contributed by atoms with Gasteiger partial charge in [0.2, 0.25) is 5.88 Å². The van der Waals surface area contributed by atoms with E-state index in [1.807, 2.05) is 12.1 Å². The molecule has 1 atom stereocenters. The number of carbonyl (C=O) groups is 1. The number of aryl methyl sites for hydroxylation is 1. The van der Waals surface area contributed by atoms with Gasteiger partial charge in [0.1, 0.15) is 0 Å². The maximum absolute atomic E-state index is 12.4. The Balaban J connectivity index is 0.00000261. The number of ether oxygens (including phenoxy) is 1. The molecular weight excluding hydrogens is 383 g/mol. The van der Waals surface area contributed by atoms with Crippen molar-refractivity contribution in [3.05, 3.63) is 53.2 Å². The van der Waals surface area contributed by atoms with Crippen molar-refractivity contribution in [2.75, 3.05) is 12.3 Å². The summed E-state index contributed by atoms with van der Waals surface area (Å²) in [5.74, 6) is -0.521. The molecule has 0 saturated carbocycles. The predicted molar refractivity (Wildman–Crippen MR) is 97.0 cm³/mol. The second-order valence-corrected chi connectivity index (χ2v) is 6.17. The number of fused-ring (bicyclic) bond motifs is 1. The van der Waals surface area contributed by atoms with Crippen LogP contribution in [0.1, 0.15) is 40.4 Å². The van der Waals surface area contributed by atoms with Gasteiger partial charge < -0.3 is 15.8 Å². The van der Waals surface area contributed by atoms with E-state index in [1.165, 1.54) is 18.3 Å². The molecule has 1 aliphatic carbocycles. The average Bonchev–Trinajstić information content (AvgIpc) is 2.59. The molecule has 5 nitrogen and oxygen atoms in total. The molecule has 0 aliphatic heterocycles. The van der Waals surface area contributed by atoms with E-state index in [2.05, 4.69) is 15.0 Å². The molecule has 0 spiro atoms. The van der Waals surface area contributed by atoms with Gasteiger partial charge in [0.05, 0.1) is 11.6 Å². The highest BCUT2D eigenvalue weighted by atomic mass is 35.5. The maximum atomic E-state index is 12.4. The number of carbonyl (C=O) groups excluding carboxylic acids is 1. The molecule has 1 aliphatic rings. The van der Waals surface area contributed by atoms with Crippen LogP contribution in [-0.2, 0) is 6.42 Å². The molecule has 0 fully saturated rings. The van der Waals surface area contributed by atoms with E-state index in [0.29, 0.717) is 5.69 Å². The van der Waals surface area contributed by atoms with Crippen LogP contribution in [0, 0.1) is 0 Å². The molecule has 1 heterocycles. The largest absolute Gasteiger partial charge is 0.468 e. The minimum Gasteiger partial charge on any atom is -0.468 e. The number of aromatic nitrogens is 1. The average molecular weight is 402 g/mol. The highest BCUT2D eigenvalue weighted by Crippen LogP contribution is 2.31. The van der Waals surface area contributed by atoms with Crippen molar-refractivity contribution in [2.24, 2.45) is 0 Å². The number of nitrogens with two attached hydrogens (primary N) is 1. The van der Waals surface area contributed by atoms with E-state index >= 15 is 0 Å². The Bertz CT molecular complexity index is 797. The number of nitrogens with zero attached hydrogens (tertiary/aromatic N) is 1. The number of hydrogen-bond acceptors (Lipinski definition) is 4. The summed E-state index contributed by atoms with van der Waals surface area (Å²) in [6, 6.07) is 8.14. The minimum absolute atomic E-state index is 0. The molecule has 0 bridgehead atoms. The van der Waals surface area contributed by atoms with E-state index in [1.54, 1.807) is 6.07 Å². The number of amides is 1. The standard InChI is InChI=1S/C18H18F3N3O2.ClH/c19-18(20,21)10-26-16-7-4-12(9-23-16)17(25)24-15-3-1-2-11-8-13(22)5-6-14(11)15;/h4-9,15H,1-3,10,22H2,(H,24,25);1H. The second kappa shape index (κ2) is 8.47. The minimum atomic E-state index is -4.44. The molecular formula is C18H19ClF3N3O2. The molecule has 2 aromatic rings. The summed E-state index contributed by atoms with van der Waals surface area (Å²) in [6.07, 6.45) is -0.574. The van der Waals surface area contributed by atoms with Crippen LogP contribution >= 0.6 is 12.4 Å². The first-order chi connectivity index (χ1) is 12.3. The van der Waals surface area contributed by atoms with Gasteiger partial charge in [-0.15, -0.1) is 12.4 Å². The Labute approximate surface area is 160 Å². The van der Waals surface area contributed by atoms with Crippen LogP contribution in [0.3, 0.4) is 0 Å². The van der Waals surface area contributed by atoms with Crippen molar-refractivity contribution in [3.8, 4) is 5.88 Å². The molecule has 1 unspecified atom stereocenters. The normalized spacial score (nSPS) is 16.0. The van der Waals surface area contributed by atoms with Crippen LogP contribution in [0.4, 0.5) is 18.9 Å². The zero-order chi connectivity index (χ0) is 18.7. The topological polar surface area (TPSA) is 77.2 Å². The van der Waals surface area contributed by atoms with Crippen molar-refractivity contribution in [2.45, 2.75) is 31.5 Å². The van der Waals surface area contributed by atoms with Crippen LogP contribution < -0.4 is 15.8 Å². The van der Waals surface area contributed by atoms with Crippen LogP contribution in [0.2, 0.25) is 0 Å². The second-order valence-electron chi connectivity index (χ2n) is 6.17. The Morgan fingerprint density at radius 1 is 1.30 bits per heavy atom. The van der Waals surface area contributed by atoms with Crippen molar-refractivity contribution in [1.82, 2.24) is 10.3 Å². The fourth-order valence-corrected chi connectivity index (χ4v) is 2.98. The molecule has 146 valence electrons. The zero-order valence-corrected chi connectivity index (χ0v) is 15.1. The molecule has 1 aromatic carbocycles. The lowest BCUT2D eigenvalue weighted by atomic mass is 9.87. The third-order valence-corrected chi connectivity index (χ3v) is 4.17. The summed E-state index contributed by atoms with van der Waals surface area (Å²) in [5, 5.41) is 2.95. The van der Waals surface area contributed by atoms with Crippen molar-refractivity contribution < 1.29 is 22.7 Å².